The molecule has 1 atom stereocenters. The molecular formula is C21H17F3N4O3. The number of nitrogens with zero attached hydrogens (tertiary/aromatic N) is 2. The van der Waals surface area contributed by atoms with E-state index in [1.807, 2.05) is 0 Å². The summed E-state index contributed by atoms with van der Waals surface area (Å²) in [6.07, 6.45) is -4.21. The number of para-hydroxylation sites is 1. The molecule has 5 rings (SSSR count). The Bertz CT molecular complexity index is 1140. The number of nitrogens with one attached hydrogen (secondary N) is 2. The average molecular weight is 430 g/mol. The Balaban J connectivity index is 1.58. The molecule has 10 heteroatoms. The standard InChI is InChI=1S/C21H17F3N4O3/c22-21(23,24)11-28-19(26-15-4-2-1-3-13(15)20(28)29)14-10-25-27-18(14)12-5-6-16-17(9-12)31-8-7-30-16/h1-6,9-10,19,26H,7-8,11H2,(H,25,27)/t19-/m0/s1. The van der Waals surface area contributed by atoms with Gasteiger partial charge in [-0.25, -0.2) is 0 Å². The molecule has 3 aromatic rings. The molecule has 7 nitrogen and oxygen atoms in total. The van der Waals surface area contributed by atoms with Crippen molar-refractivity contribution in [1.82, 2.24) is 15.1 Å². The maximum absolute atomic E-state index is 13.3. The number of ether oxygens (including phenoxy) is 2. The van der Waals surface area contributed by atoms with Crippen LogP contribution in [0.4, 0.5) is 18.9 Å². The minimum absolute atomic E-state index is 0.187. The minimum atomic E-state index is -4.57. The van der Waals surface area contributed by atoms with Crippen molar-refractivity contribution in [3.8, 4) is 22.8 Å². The van der Waals surface area contributed by atoms with Crippen molar-refractivity contribution in [3.63, 3.8) is 0 Å². The fourth-order valence-corrected chi connectivity index (χ4v) is 3.83. The predicted molar refractivity (Wildman–Crippen MR) is 105 cm³/mol. The number of alkyl halides is 3. The van der Waals surface area contributed by atoms with Crippen LogP contribution in [0.25, 0.3) is 11.3 Å². The summed E-state index contributed by atoms with van der Waals surface area (Å²) in [7, 11) is 0. The van der Waals surface area contributed by atoms with Gasteiger partial charge < -0.3 is 19.7 Å². The number of amides is 1. The number of aromatic nitrogens is 2. The molecule has 0 saturated heterocycles. The Hall–Kier alpha value is -3.69. The summed E-state index contributed by atoms with van der Waals surface area (Å²) >= 11 is 0. The second-order valence-corrected chi connectivity index (χ2v) is 7.20. The monoisotopic (exact) mass is 430 g/mol. The van der Waals surface area contributed by atoms with Crippen LogP contribution in [-0.2, 0) is 0 Å². The van der Waals surface area contributed by atoms with Crippen molar-refractivity contribution < 1.29 is 27.4 Å². The van der Waals surface area contributed by atoms with Gasteiger partial charge in [-0.3, -0.25) is 9.89 Å². The third kappa shape index (κ3) is 3.54. The van der Waals surface area contributed by atoms with Gasteiger partial charge in [0.05, 0.1) is 17.5 Å². The highest BCUT2D eigenvalue weighted by molar-refractivity contribution is 6.02. The second kappa shape index (κ2) is 7.22. The van der Waals surface area contributed by atoms with E-state index in [-0.39, 0.29) is 5.56 Å². The van der Waals surface area contributed by atoms with Crippen LogP contribution < -0.4 is 14.8 Å². The zero-order chi connectivity index (χ0) is 21.6. The Morgan fingerprint density at radius 3 is 2.68 bits per heavy atom. The van der Waals surface area contributed by atoms with E-state index in [9.17, 15) is 18.0 Å². The highest BCUT2D eigenvalue weighted by atomic mass is 19.4. The SMILES string of the molecule is O=C1c2ccccc2N[C@H](c2cn[nH]c2-c2ccc3c(c2)OCCO3)N1CC(F)(F)F. The number of benzene rings is 2. The Morgan fingerprint density at radius 1 is 1.10 bits per heavy atom. The third-order valence-electron chi connectivity index (χ3n) is 5.17. The van der Waals surface area contributed by atoms with Crippen molar-refractivity contribution >= 4 is 11.6 Å². The first-order chi connectivity index (χ1) is 14.9. The molecule has 0 bridgehead atoms. The van der Waals surface area contributed by atoms with Crippen LogP contribution in [0.5, 0.6) is 11.5 Å². The number of anilines is 1. The maximum atomic E-state index is 13.3. The highest BCUT2D eigenvalue weighted by Gasteiger charge is 2.41. The largest absolute Gasteiger partial charge is 0.486 e. The topological polar surface area (TPSA) is 79.5 Å². The molecule has 0 unspecified atom stereocenters. The number of hydrogen-bond acceptors (Lipinski definition) is 5. The lowest BCUT2D eigenvalue weighted by atomic mass is 10.0. The number of hydrogen-bond donors (Lipinski definition) is 2. The Kier molecular flexibility index (Phi) is 4.49. The van der Waals surface area contributed by atoms with Crippen LogP contribution in [0.1, 0.15) is 22.1 Å². The number of carbonyl (C=O) groups is 1. The van der Waals surface area contributed by atoms with E-state index in [4.69, 9.17) is 9.47 Å². The summed E-state index contributed by atoms with van der Waals surface area (Å²) in [4.78, 5) is 13.7. The van der Waals surface area contributed by atoms with Gasteiger partial charge in [-0.05, 0) is 30.3 Å². The normalized spacial score (nSPS) is 17.8. The third-order valence-corrected chi connectivity index (χ3v) is 5.17. The zero-order valence-corrected chi connectivity index (χ0v) is 16.1. The molecule has 0 aliphatic carbocycles. The smallest absolute Gasteiger partial charge is 0.406 e. The van der Waals surface area contributed by atoms with Crippen molar-refractivity contribution in [2.75, 3.05) is 25.1 Å². The molecule has 0 fully saturated rings. The van der Waals surface area contributed by atoms with E-state index in [0.717, 1.165) is 4.90 Å². The Labute approximate surface area is 174 Å². The molecule has 0 radical (unpaired) electrons. The van der Waals surface area contributed by atoms with Gasteiger partial charge >= 0.3 is 6.18 Å². The number of carbonyl (C=O) groups excluding carboxylic acids is 1. The first-order valence-electron chi connectivity index (χ1n) is 9.57. The number of halogens is 3. The maximum Gasteiger partial charge on any atom is 0.406 e. The molecule has 1 amide bonds. The molecule has 3 heterocycles. The number of rotatable bonds is 3. The number of H-pyrrole nitrogens is 1. The lowest BCUT2D eigenvalue weighted by molar-refractivity contribution is -0.144. The first-order valence-corrected chi connectivity index (χ1v) is 9.57. The molecule has 2 aliphatic rings. The van der Waals surface area contributed by atoms with Crippen molar-refractivity contribution in [2.45, 2.75) is 12.3 Å². The average Bonchev–Trinajstić information content (AvgIpc) is 3.24. The minimum Gasteiger partial charge on any atom is -0.486 e. The molecule has 0 spiro atoms. The van der Waals surface area contributed by atoms with Gasteiger partial charge in [-0.15, -0.1) is 0 Å². The second-order valence-electron chi connectivity index (χ2n) is 7.20. The van der Waals surface area contributed by atoms with E-state index in [1.54, 1.807) is 36.4 Å². The molecule has 2 aliphatic heterocycles. The van der Waals surface area contributed by atoms with Gasteiger partial charge in [0.25, 0.3) is 5.91 Å². The molecule has 2 aromatic carbocycles. The van der Waals surface area contributed by atoms with Crippen LogP contribution in [0.3, 0.4) is 0 Å². The molecule has 0 saturated carbocycles. The van der Waals surface area contributed by atoms with Crippen LogP contribution in [0.15, 0.2) is 48.7 Å². The van der Waals surface area contributed by atoms with E-state index < -0.39 is 24.8 Å². The van der Waals surface area contributed by atoms with Gasteiger partial charge in [0, 0.05) is 16.8 Å². The van der Waals surface area contributed by atoms with Crippen molar-refractivity contribution in [2.24, 2.45) is 0 Å². The predicted octanol–water partition coefficient (Wildman–Crippen LogP) is 3.98. The van der Waals surface area contributed by atoms with E-state index in [0.29, 0.717) is 47.2 Å². The highest BCUT2D eigenvalue weighted by Crippen LogP contribution is 2.40. The summed E-state index contributed by atoms with van der Waals surface area (Å²) in [5.41, 5.74) is 2.19. The van der Waals surface area contributed by atoms with Gasteiger partial charge in [-0.2, -0.15) is 18.3 Å². The van der Waals surface area contributed by atoms with Gasteiger partial charge in [0.1, 0.15) is 25.9 Å². The van der Waals surface area contributed by atoms with Gasteiger partial charge in [0.2, 0.25) is 0 Å². The molecular weight excluding hydrogens is 413 g/mol. The zero-order valence-electron chi connectivity index (χ0n) is 16.1. The van der Waals surface area contributed by atoms with Gasteiger partial charge in [-0.1, -0.05) is 12.1 Å². The van der Waals surface area contributed by atoms with Crippen LogP contribution in [0, 0.1) is 0 Å². The molecule has 31 heavy (non-hydrogen) atoms. The molecule has 1 aromatic heterocycles. The summed E-state index contributed by atoms with van der Waals surface area (Å²) in [5, 5.41) is 9.95. The summed E-state index contributed by atoms with van der Waals surface area (Å²) in [6, 6.07) is 11.7. The first kappa shape index (κ1) is 19.3. The van der Waals surface area contributed by atoms with Crippen molar-refractivity contribution in [3.05, 3.63) is 59.8 Å². The summed E-state index contributed by atoms with van der Waals surface area (Å²) in [6.45, 7) is -0.549. The van der Waals surface area contributed by atoms with E-state index >= 15 is 0 Å². The fraction of sp³-hybridized carbons (Fsp3) is 0.238. The number of fused-ring (bicyclic) bond motifs is 2. The lowest BCUT2D eigenvalue weighted by Crippen LogP contribution is -2.47. The summed E-state index contributed by atoms with van der Waals surface area (Å²) < 4.78 is 51.2. The van der Waals surface area contributed by atoms with E-state index in [2.05, 4.69) is 15.5 Å². The van der Waals surface area contributed by atoms with Crippen LogP contribution in [-0.4, -0.2) is 46.9 Å². The lowest BCUT2D eigenvalue weighted by Gasteiger charge is -2.38. The quantitative estimate of drug-likeness (QED) is 0.657. The number of aromatic amines is 1. The van der Waals surface area contributed by atoms with Crippen molar-refractivity contribution in [1.29, 1.82) is 0 Å². The molecule has 2 N–H and O–H groups in total. The van der Waals surface area contributed by atoms with Crippen LogP contribution >= 0.6 is 0 Å². The van der Waals surface area contributed by atoms with Crippen LogP contribution in [0.2, 0.25) is 0 Å². The summed E-state index contributed by atoms with van der Waals surface area (Å²) in [5.74, 6) is 0.426. The van der Waals surface area contributed by atoms with Gasteiger partial charge in [0.15, 0.2) is 11.5 Å². The molecule has 160 valence electrons. The Morgan fingerprint density at radius 2 is 1.87 bits per heavy atom. The van der Waals surface area contributed by atoms with E-state index in [1.165, 1.54) is 12.3 Å². The fourth-order valence-electron chi connectivity index (χ4n) is 3.83.